The minimum Gasteiger partial charge on any atom is -0.480 e. The molecule has 0 aliphatic rings. The van der Waals surface area contributed by atoms with E-state index >= 15 is 0 Å². The van der Waals surface area contributed by atoms with E-state index in [0.717, 1.165) is 5.56 Å². The van der Waals surface area contributed by atoms with Crippen LogP contribution < -0.4 is 32.7 Å². The first-order valence-corrected chi connectivity index (χ1v) is 15.8. The number of amides is 4. The van der Waals surface area contributed by atoms with Crippen LogP contribution >= 0.6 is 0 Å². The number of hydrogen-bond donors (Lipinski definition) is 8. The van der Waals surface area contributed by atoms with Gasteiger partial charge in [-0.25, -0.2) is 9.78 Å². The second-order valence-electron chi connectivity index (χ2n) is 11.9. The van der Waals surface area contributed by atoms with E-state index in [0.29, 0.717) is 31.5 Å². The lowest BCUT2D eigenvalue weighted by Crippen LogP contribution is -2.60. The summed E-state index contributed by atoms with van der Waals surface area (Å²) in [6, 6.07) is 3.57. The number of nitrogens with two attached hydrogens (primary N) is 2. The largest absolute Gasteiger partial charge is 0.480 e. The number of nitrogens with zero attached hydrogens (tertiary/aromatic N) is 1. The second-order valence-corrected chi connectivity index (χ2v) is 11.9. The summed E-state index contributed by atoms with van der Waals surface area (Å²) in [7, 11) is 0. The molecule has 0 spiro atoms. The van der Waals surface area contributed by atoms with Crippen LogP contribution in [0.15, 0.2) is 42.9 Å². The Bertz CT molecular complexity index is 1260. The average Bonchev–Trinajstić information content (AvgIpc) is 3.55. The molecule has 46 heavy (non-hydrogen) atoms. The molecule has 1 aromatic heterocycles. The molecule has 4 amide bonds. The number of carboxylic acid groups (broad SMARTS) is 1. The van der Waals surface area contributed by atoms with Crippen molar-refractivity contribution in [3.05, 3.63) is 54.1 Å². The minimum absolute atomic E-state index is 0.0445. The van der Waals surface area contributed by atoms with Crippen molar-refractivity contribution >= 4 is 29.6 Å². The van der Waals surface area contributed by atoms with E-state index in [1.807, 2.05) is 13.8 Å². The van der Waals surface area contributed by atoms with Crippen LogP contribution in [0, 0.1) is 11.8 Å². The number of aliphatic carboxylic acids is 1. The Labute approximate surface area is 270 Å². The lowest BCUT2D eigenvalue weighted by Gasteiger charge is -2.28. The molecule has 2 rings (SSSR count). The van der Waals surface area contributed by atoms with Gasteiger partial charge in [0.25, 0.3) is 0 Å². The summed E-state index contributed by atoms with van der Waals surface area (Å²) in [5.41, 5.74) is 13.0. The molecule has 0 radical (unpaired) electrons. The van der Waals surface area contributed by atoms with Crippen LogP contribution in [0.25, 0.3) is 0 Å². The summed E-state index contributed by atoms with van der Waals surface area (Å²) in [6.07, 6.45) is 5.10. The number of benzene rings is 1. The highest BCUT2D eigenvalue weighted by molar-refractivity contribution is 5.95. The summed E-state index contributed by atoms with van der Waals surface area (Å²) in [5.74, 6) is -4.17. The lowest BCUT2D eigenvalue weighted by molar-refractivity contribution is -0.142. The van der Waals surface area contributed by atoms with Crippen LogP contribution in [0.3, 0.4) is 0 Å². The predicted octanol–water partition coefficient (Wildman–Crippen LogP) is 0.377. The summed E-state index contributed by atoms with van der Waals surface area (Å²) in [6.45, 7) is 7.59. The van der Waals surface area contributed by atoms with E-state index < -0.39 is 65.7 Å². The highest BCUT2D eigenvalue weighted by Gasteiger charge is 2.33. The standard InChI is InChI=1S/C32H50N8O6/c1-5-20(4)26(34)30(43)38-24(16-22-17-35-18-36-22)29(42)40-27(19(2)3)31(44)37-23(13-9-10-14-33)28(41)39-25(32(45)46)15-21-11-7-6-8-12-21/h6-8,11-12,17-20,23-27H,5,9-10,13-16,33-34H2,1-4H3,(H,35,36)(H,37,44)(H,38,43)(H,39,41)(H,40,42)(H,45,46)/t20-,23-,24-,25-,26-,27-/m0/s1. The van der Waals surface area contributed by atoms with Gasteiger partial charge >= 0.3 is 5.97 Å². The Morgan fingerprint density at radius 2 is 1.48 bits per heavy atom. The van der Waals surface area contributed by atoms with Crippen LogP contribution in [-0.2, 0) is 36.8 Å². The zero-order valence-electron chi connectivity index (χ0n) is 27.1. The predicted molar refractivity (Wildman–Crippen MR) is 173 cm³/mol. The molecule has 0 saturated heterocycles. The van der Waals surface area contributed by atoms with Gasteiger partial charge in [0.1, 0.15) is 24.2 Å². The molecule has 1 heterocycles. The summed E-state index contributed by atoms with van der Waals surface area (Å²) in [5, 5.41) is 20.5. The highest BCUT2D eigenvalue weighted by Crippen LogP contribution is 2.11. The minimum atomic E-state index is -1.22. The molecule has 0 bridgehead atoms. The summed E-state index contributed by atoms with van der Waals surface area (Å²) >= 11 is 0. The van der Waals surface area contributed by atoms with Crippen LogP contribution in [0.1, 0.15) is 64.6 Å². The van der Waals surface area contributed by atoms with Crippen molar-refractivity contribution in [3.63, 3.8) is 0 Å². The third-order valence-electron chi connectivity index (χ3n) is 7.88. The number of imidazole rings is 1. The van der Waals surface area contributed by atoms with Crippen LogP contribution in [0.4, 0.5) is 0 Å². The van der Waals surface area contributed by atoms with Gasteiger partial charge in [0.15, 0.2) is 0 Å². The second kappa shape index (κ2) is 19.3. The molecule has 14 nitrogen and oxygen atoms in total. The fourth-order valence-corrected chi connectivity index (χ4v) is 4.74. The smallest absolute Gasteiger partial charge is 0.326 e. The molecule has 0 aliphatic heterocycles. The van der Waals surface area contributed by atoms with Crippen molar-refractivity contribution < 1.29 is 29.1 Å². The van der Waals surface area contributed by atoms with Crippen molar-refractivity contribution in [1.82, 2.24) is 31.2 Å². The van der Waals surface area contributed by atoms with Gasteiger partial charge in [-0.2, -0.15) is 0 Å². The van der Waals surface area contributed by atoms with Crippen LogP contribution in [0.2, 0.25) is 0 Å². The molecule has 0 saturated carbocycles. The number of H-pyrrole nitrogens is 1. The average molecular weight is 643 g/mol. The molecule has 6 atom stereocenters. The zero-order valence-corrected chi connectivity index (χ0v) is 27.1. The lowest BCUT2D eigenvalue weighted by atomic mass is 9.98. The van der Waals surface area contributed by atoms with Crippen molar-refractivity contribution in [2.45, 2.75) is 96.4 Å². The summed E-state index contributed by atoms with van der Waals surface area (Å²) < 4.78 is 0. The van der Waals surface area contributed by atoms with Gasteiger partial charge in [0, 0.05) is 19.0 Å². The van der Waals surface area contributed by atoms with Gasteiger partial charge < -0.3 is 42.8 Å². The Morgan fingerprint density at radius 3 is 2.04 bits per heavy atom. The molecule has 1 aromatic carbocycles. The molecule has 0 fully saturated rings. The van der Waals surface area contributed by atoms with Crippen LogP contribution in [-0.4, -0.2) is 81.4 Å². The van der Waals surface area contributed by atoms with Gasteiger partial charge in [0.2, 0.25) is 23.6 Å². The van der Waals surface area contributed by atoms with Gasteiger partial charge in [-0.1, -0.05) is 64.4 Å². The Kier molecular flexibility index (Phi) is 15.9. The molecular weight excluding hydrogens is 592 g/mol. The monoisotopic (exact) mass is 642 g/mol. The van der Waals surface area contributed by atoms with Gasteiger partial charge in [0.05, 0.1) is 18.1 Å². The van der Waals surface area contributed by atoms with E-state index in [1.165, 1.54) is 6.33 Å². The number of aromatic nitrogens is 2. The number of aromatic amines is 1. The SMILES string of the molecule is CC[C@H](C)[C@H](N)C(=O)N[C@@H](Cc1c[nH]cn1)C(=O)N[C@H](C(=O)N[C@@H](CCCCN)C(=O)N[C@@H](Cc1ccccc1)C(=O)O)C(C)C. The third kappa shape index (κ3) is 12.2. The topological polar surface area (TPSA) is 234 Å². The number of unbranched alkanes of at least 4 members (excludes halogenated alkanes) is 1. The molecule has 254 valence electrons. The number of carbonyl (C=O) groups is 5. The molecule has 14 heteroatoms. The first kappa shape index (κ1) is 37.9. The van der Waals surface area contributed by atoms with Crippen molar-refractivity contribution in [3.8, 4) is 0 Å². The maximum atomic E-state index is 13.6. The van der Waals surface area contributed by atoms with Crippen molar-refractivity contribution in [2.24, 2.45) is 23.3 Å². The maximum Gasteiger partial charge on any atom is 0.326 e. The number of carbonyl (C=O) groups excluding carboxylic acids is 4. The highest BCUT2D eigenvalue weighted by atomic mass is 16.4. The molecule has 0 aliphatic carbocycles. The van der Waals surface area contributed by atoms with Gasteiger partial charge in [-0.05, 0) is 43.2 Å². The Morgan fingerprint density at radius 1 is 0.848 bits per heavy atom. The third-order valence-corrected chi connectivity index (χ3v) is 7.88. The van der Waals surface area contributed by atoms with E-state index in [9.17, 15) is 29.1 Å². The van der Waals surface area contributed by atoms with E-state index in [2.05, 4.69) is 31.2 Å². The van der Waals surface area contributed by atoms with Crippen molar-refractivity contribution in [2.75, 3.05) is 6.54 Å². The molecule has 2 aromatic rings. The van der Waals surface area contributed by atoms with E-state index in [4.69, 9.17) is 11.5 Å². The number of hydrogen-bond acceptors (Lipinski definition) is 8. The first-order chi connectivity index (χ1) is 21.9. The van der Waals surface area contributed by atoms with Crippen LogP contribution in [0.5, 0.6) is 0 Å². The van der Waals surface area contributed by atoms with Crippen molar-refractivity contribution in [1.29, 1.82) is 0 Å². The Balaban J connectivity index is 2.22. The quantitative estimate of drug-likeness (QED) is 0.0931. The fraction of sp³-hybridized carbons (Fsp3) is 0.562. The molecular formula is C32H50N8O6. The first-order valence-electron chi connectivity index (χ1n) is 15.8. The van der Waals surface area contributed by atoms with Gasteiger partial charge in [-0.15, -0.1) is 0 Å². The number of carboxylic acids is 1. The number of rotatable bonds is 20. The maximum absolute atomic E-state index is 13.6. The molecule has 0 unspecified atom stereocenters. The number of nitrogens with one attached hydrogen (secondary N) is 5. The van der Waals surface area contributed by atoms with Gasteiger partial charge in [-0.3, -0.25) is 19.2 Å². The van der Waals surface area contributed by atoms with E-state index in [-0.39, 0.29) is 25.2 Å². The fourth-order valence-electron chi connectivity index (χ4n) is 4.74. The zero-order chi connectivity index (χ0) is 34.2. The van der Waals surface area contributed by atoms with E-state index in [1.54, 1.807) is 50.4 Å². The summed E-state index contributed by atoms with van der Waals surface area (Å²) in [4.78, 5) is 72.4. The normalized spacial score (nSPS) is 15.1. The molecule has 10 N–H and O–H groups in total. The Hall–Kier alpha value is -4.30.